The zero-order valence-electron chi connectivity index (χ0n) is 10.7. The van der Waals surface area contributed by atoms with Gasteiger partial charge in [-0.25, -0.2) is 0 Å². The Labute approximate surface area is 107 Å². The molecule has 1 aromatic carbocycles. The summed E-state index contributed by atoms with van der Waals surface area (Å²) in [6.45, 7) is 6.16. The summed E-state index contributed by atoms with van der Waals surface area (Å²) in [4.78, 5) is 0. The zero-order valence-corrected chi connectivity index (χ0v) is 10.7. The van der Waals surface area contributed by atoms with E-state index < -0.39 is 0 Å². The lowest BCUT2D eigenvalue weighted by Gasteiger charge is -2.20. The molecule has 2 rings (SSSR count). The first-order chi connectivity index (χ1) is 8.53. The molecule has 0 heterocycles. The smallest absolute Gasteiger partial charge is 0.161 e. The van der Waals surface area contributed by atoms with Gasteiger partial charge in [0, 0.05) is 17.6 Å². The maximum absolute atomic E-state index is 10.1. The molecular weight excluding hydrogens is 228 g/mol. The molecule has 1 atom stereocenters. The van der Waals surface area contributed by atoms with Crippen molar-refractivity contribution in [2.45, 2.75) is 38.0 Å². The van der Waals surface area contributed by atoms with E-state index >= 15 is 0 Å². The minimum absolute atomic E-state index is 0.0161. The first-order valence-corrected chi connectivity index (χ1v) is 6.34. The monoisotopic (exact) mass is 248 g/mol. The van der Waals surface area contributed by atoms with Crippen molar-refractivity contribution in [2.24, 2.45) is 0 Å². The first-order valence-electron chi connectivity index (χ1n) is 6.34. The number of aryl methyl sites for hydroxylation is 1. The average molecular weight is 248 g/mol. The van der Waals surface area contributed by atoms with Gasteiger partial charge in [0.05, 0.1) is 0 Å². The number of hydrogen-bond donors (Lipinski definition) is 3. The fourth-order valence-electron chi connectivity index (χ4n) is 2.80. The number of hydrogen-bond acceptors (Lipinski definition) is 3. The third-order valence-corrected chi connectivity index (χ3v) is 3.92. The Morgan fingerprint density at radius 2 is 1.94 bits per heavy atom. The molecule has 3 N–H and O–H groups in total. The van der Waals surface area contributed by atoms with Gasteiger partial charge >= 0.3 is 0 Å². The van der Waals surface area contributed by atoms with Crippen LogP contribution < -0.4 is 0 Å². The Kier molecular flexibility index (Phi) is 3.35. The molecule has 1 saturated carbocycles. The Morgan fingerprint density at radius 1 is 1.28 bits per heavy atom. The number of rotatable bonds is 5. The van der Waals surface area contributed by atoms with E-state index in [1.807, 2.05) is 13.0 Å². The number of allylic oxidation sites excluding steroid dienone is 1. The fourth-order valence-corrected chi connectivity index (χ4v) is 2.80. The van der Waals surface area contributed by atoms with Gasteiger partial charge in [-0.3, -0.25) is 0 Å². The van der Waals surface area contributed by atoms with Gasteiger partial charge in [0.1, 0.15) is 0 Å². The van der Waals surface area contributed by atoms with Gasteiger partial charge < -0.3 is 15.3 Å². The van der Waals surface area contributed by atoms with Gasteiger partial charge in [-0.2, -0.15) is 0 Å². The van der Waals surface area contributed by atoms with Gasteiger partial charge in [-0.1, -0.05) is 18.2 Å². The first kappa shape index (κ1) is 13.0. The normalized spacial score (nSPS) is 22.2. The minimum atomic E-state index is -0.192. The summed E-state index contributed by atoms with van der Waals surface area (Å²) >= 11 is 0. The number of aliphatic hydroxyl groups is 1. The van der Waals surface area contributed by atoms with E-state index in [1.165, 1.54) is 6.07 Å². The quantitative estimate of drug-likeness (QED) is 0.426. The molecule has 1 aliphatic carbocycles. The Hall–Kier alpha value is -1.48. The van der Waals surface area contributed by atoms with Crippen molar-refractivity contribution in [2.75, 3.05) is 6.61 Å². The molecule has 98 valence electrons. The summed E-state index contributed by atoms with van der Waals surface area (Å²) in [6, 6.07) is 3.34. The molecule has 3 nitrogen and oxygen atoms in total. The van der Waals surface area contributed by atoms with Crippen LogP contribution in [-0.2, 0) is 5.41 Å². The number of phenols is 2. The van der Waals surface area contributed by atoms with Crippen LogP contribution in [0.5, 0.6) is 11.5 Å². The van der Waals surface area contributed by atoms with Gasteiger partial charge in [-0.15, -0.1) is 0 Å². The highest BCUT2D eigenvalue weighted by Gasteiger charge is 2.50. The highest BCUT2D eigenvalue weighted by molar-refractivity contribution is 5.61. The van der Waals surface area contributed by atoms with Crippen molar-refractivity contribution < 1.29 is 15.3 Å². The van der Waals surface area contributed by atoms with E-state index in [9.17, 15) is 10.2 Å². The number of benzene rings is 1. The maximum atomic E-state index is 10.1. The van der Waals surface area contributed by atoms with Crippen LogP contribution in [-0.4, -0.2) is 21.9 Å². The second-order valence-electron chi connectivity index (χ2n) is 5.17. The predicted molar refractivity (Wildman–Crippen MR) is 70.9 cm³/mol. The number of unbranched alkanes of at least 4 members (excludes halogenated alkanes) is 1. The molecule has 18 heavy (non-hydrogen) atoms. The largest absolute Gasteiger partial charge is 0.504 e. The number of phenolic OH excluding ortho intramolecular Hbond substituents is 2. The third kappa shape index (κ3) is 1.99. The van der Waals surface area contributed by atoms with Crippen LogP contribution in [0.1, 0.15) is 36.8 Å². The summed E-state index contributed by atoms with van der Waals surface area (Å²) in [5, 5.41) is 28.6. The summed E-state index contributed by atoms with van der Waals surface area (Å²) in [6.07, 6.45) is 3.37. The van der Waals surface area contributed by atoms with E-state index in [0.717, 1.165) is 42.4 Å². The molecule has 1 aromatic rings. The van der Waals surface area contributed by atoms with E-state index in [-0.39, 0.29) is 23.5 Å². The molecule has 0 aliphatic heterocycles. The van der Waals surface area contributed by atoms with Crippen molar-refractivity contribution >= 4 is 0 Å². The van der Waals surface area contributed by atoms with Gasteiger partial charge in [0.25, 0.3) is 0 Å². The molecule has 0 aromatic heterocycles. The third-order valence-electron chi connectivity index (χ3n) is 3.92. The van der Waals surface area contributed by atoms with Crippen molar-refractivity contribution in [1.29, 1.82) is 0 Å². The lowest BCUT2D eigenvalue weighted by molar-refractivity contribution is 0.280. The Balaban J connectivity index is 2.34. The van der Waals surface area contributed by atoms with Crippen LogP contribution in [0.3, 0.4) is 0 Å². The van der Waals surface area contributed by atoms with E-state index in [2.05, 4.69) is 6.58 Å². The van der Waals surface area contributed by atoms with Crippen molar-refractivity contribution in [3.63, 3.8) is 0 Å². The molecule has 1 fully saturated rings. The zero-order chi connectivity index (χ0) is 13.3. The van der Waals surface area contributed by atoms with Crippen LogP contribution in [0.4, 0.5) is 0 Å². The maximum Gasteiger partial charge on any atom is 0.161 e. The predicted octanol–water partition coefficient (Wildman–Crippen LogP) is 2.77. The molecule has 1 unspecified atom stereocenters. The summed E-state index contributed by atoms with van der Waals surface area (Å²) in [7, 11) is 0. The Bertz CT molecular complexity index is 479. The average Bonchev–Trinajstić information content (AvgIpc) is 2.96. The topological polar surface area (TPSA) is 60.7 Å². The summed E-state index contributed by atoms with van der Waals surface area (Å²) in [5.74, 6) is -0.0884. The van der Waals surface area contributed by atoms with Crippen molar-refractivity contribution in [3.05, 3.63) is 35.4 Å². The molecule has 0 bridgehead atoms. The second-order valence-corrected chi connectivity index (χ2v) is 5.17. The van der Waals surface area contributed by atoms with Crippen LogP contribution in [0.2, 0.25) is 0 Å². The molecule has 1 aliphatic rings. The van der Waals surface area contributed by atoms with Crippen LogP contribution >= 0.6 is 0 Å². The van der Waals surface area contributed by atoms with Gasteiger partial charge in [0.2, 0.25) is 0 Å². The molecule has 0 amide bonds. The fraction of sp³-hybridized carbons (Fsp3) is 0.467. The van der Waals surface area contributed by atoms with Crippen LogP contribution in [0.25, 0.3) is 0 Å². The minimum Gasteiger partial charge on any atom is -0.504 e. The molecular formula is C15H20O3. The van der Waals surface area contributed by atoms with Crippen LogP contribution in [0, 0.1) is 6.92 Å². The number of aliphatic hydroxyl groups excluding tert-OH is 1. The highest BCUT2D eigenvalue weighted by Crippen LogP contribution is 2.60. The second kappa shape index (κ2) is 4.65. The SMILES string of the molecule is C=C1CC1(CCCCO)c1c(C)ccc(O)c1O. The van der Waals surface area contributed by atoms with E-state index in [0.29, 0.717) is 0 Å². The lowest BCUT2D eigenvalue weighted by atomic mass is 9.85. The van der Waals surface area contributed by atoms with Crippen LogP contribution in [0.15, 0.2) is 24.3 Å². The Morgan fingerprint density at radius 3 is 2.50 bits per heavy atom. The van der Waals surface area contributed by atoms with E-state index in [4.69, 9.17) is 5.11 Å². The summed E-state index contributed by atoms with van der Waals surface area (Å²) in [5.41, 5.74) is 2.70. The molecule has 0 spiro atoms. The van der Waals surface area contributed by atoms with E-state index in [1.54, 1.807) is 0 Å². The highest BCUT2D eigenvalue weighted by atomic mass is 16.3. The van der Waals surface area contributed by atoms with Crippen molar-refractivity contribution in [3.8, 4) is 11.5 Å². The van der Waals surface area contributed by atoms with Gasteiger partial charge in [-0.05, 0) is 44.2 Å². The molecule has 0 radical (unpaired) electrons. The van der Waals surface area contributed by atoms with Crippen molar-refractivity contribution in [1.82, 2.24) is 0 Å². The lowest BCUT2D eigenvalue weighted by Crippen LogP contribution is -2.10. The standard InChI is InChI=1S/C15H20O3/c1-10-5-6-12(17)14(18)13(10)15(9-11(15)2)7-3-4-8-16/h5-6,16-18H,2-4,7-9H2,1H3. The number of aromatic hydroxyl groups is 2. The van der Waals surface area contributed by atoms with Gasteiger partial charge in [0.15, 0.2) is 11.5 Å². The summed E-state index contributed by atoms with van der Waals surface area (Å²) < 4.78 is 0. The molecule has 3 heteroatoms. The molecule has 0 saturated heterocycles.